The number of pyridine rings is 1. The van der Waals surface area contributed by atoms with Crippen LogP contribution in [0.5, 0.6) is 0 Å². The third kappa shape index (κ3) is 6.34. The first-order valence-corrected chi connectivity index (χ1v) is 12.3. The first-order chi connectivity index (χ1) is 16.0. The van der Waals surface area contributed by atoms with E-state index in [4.69, 9.17) is 0 Å². The van der Waals surface area contributed by atoms with E-state index in [-0.39, 0.29) is 22.2 Å². The van der Waals surface area contributed by atoms with E-state index in [2.05, 4.69) is 9.71 Å². The van der Waals surface area contributed by atoms with Crippen molar-refractivity contribution < 1.29 is 26.5 Å². The molecule has 0 fully saturated rings. The predicted molar refractivity (Wildman–Crippen MR) is 129 cm³/mol. The van der Waals surface area contributed by atoms with Crippen LogP contribution in [0, 0.1) is 5.41 Å². The Morgan fingerprint density at radius 2 is 1.63 bits per heavy atom. The smallest absolute Gasteiger partial charge is 0.417 e. The minimum Gasteiger partial charge on any atom is -0.598 e. The Labute approximate surface area is 205 Å². The summed E-state index contributed by atoms with van der Waals surface area (Å²) >= 11 is -1.77. The summed E-state index contributed by atoms with van der Waals surface area (Å²) in [6.45, 7) is 11.3. The second kappa shape index (κ2) is 9.71. The van der Waals surface area contributed by atoms with Crippen molar-refractivity contribution in [1.29, 1.82) is 0 Å². The molecule has 3 aromatic rings. The summed E-state index contributed by atoms with van der Waals surface area (Å²) in [5.74, 6) is 0. The lowest BCUT2D eigenvalue weighted by Gasteiger charge is -2.27. The van der Waals surface area contributed by atoms with Crippen LogP contribution in [0.1, 0.15) is 58.7 Å². The fourth-order valence-electron chi connectivity index (χ4n) is 3.72. The molecule has 0 amide bonds. The van der Waals surface area contributed by atoms with Crippen LogP contribution in [0.15, 0.2) is 42.6 Å². The molecule has 0 saturated heterocycles. The molecule has 2 aromatic heterocycles. The Kier molecular flexibility index (Phi) is 7.60. The van der Waals surface area contributed by atoms with Gasteiger partial charge in [-0.25, -0.2) is 13.8 Å². The molecular weight excluding hydrogens is 485 g/mol. The lowest BCUT2D eigenvalue weighted by Crippen LogP contribution is -2.43. The highest BCUT2D eigenvalue weighted by atomic mass is 32.2. The van der Waals surface area contributed by atoms with Crippen LogP contribution in [-0.4, -0.2) is 25.3 Å². The Morgan fingerprint density at radius 1 is 1.00 bits per heavy atom. The molecular formula is C25H30F5N3OS. The van der Waals surface area contributed by atoms with Crippen molar-refractivity contribution in [2.24, 2.45) is 5.41 Å². The number of nitrogens with one attached hydrogen (secondary N) is 1. The van der Waals surface area contributed by atoms with Gasteiger partial charge in [0.05, 0.1) is 11.3 Å². The average molecular weight is 516 g/mol. The number of benzene rings is 1. The van der Waals surface area contributed by atoms with Crippen molar-refractivity contribution in [3.05, 3.63) is 53.7 Å². The zero-order valence-corrected chi connectivity index (χ0v) is 21.3. The molecule has 2 atom stereocenters. The molecule has 1 aromatic carbocycles. The van der Waals surface area contributed by atoms with Crippen LogP contribution in [0.4, 0.5) is 22.0 Å². The number of rotatable bonds is 6. The minimum absolute atomic E-state index is 0.0880. The fourth-order valence-corrected chi connectivity index (χ4v) is 4.53. The van der Waals surface area contributed by atoms with Crippen LogP contribution in [0.25, 0.3) is 22.3 Å². The Morgan fingerprint density at radius 3 is 2.17 bits per heavy atom. The molecule has 2 heterocycles. The van der Waals surface area contributed by atoms with Gasteiger partial charge in [-0.1, -0.05) is 39.0 Å². The largest absolute Gasteiger partial charge is 0.598 e. The number of aromatic nitrogens is 2. The van der Waals surface area contributed by atoms with E-state index in [1.54, 1.807) is 25.3 Å². The van der Waals surface area contributed by atoms with Gasteiger partial charge >= 0.3 is 6.18 Å². The van der Waals surface area contributed by atoms with Crippen molar-refractivity contribution in [3.8, 4) is 11.3 Å². The molecule has 1 N–H and O–H groups in total. The van der Waals surface area contributed by atoms with Gasteiger partial charge in [-0.3, -0.25) is 0 Å². The summed E-state index contributed by atoms with van der Waals surface area (Å²) in [7, 11) is 0. The summed E-state index contributed by atoms with van der Waals surface area (Å²) in [6, 6.07) is 6.49. The monoisotopic (exact) mass is 515 g/mol. The molecule has 0 saturated carbocycles. The number of nitrogens with zero attached hydrogens (tertiary/aromatic N) is 2. The molecule has 3 rings (SSSR count). The molecule has 0 bridgehead atoms. The molecule has 192 valence electrons. The Balaban J connectivity index is 2.21. The van der Waals surface area contributed by atoms with Crippen LogP contribution < -0.4 is 4.72 Å². The molecule has 0 unspecified atom stereocenters. The van der Waals surface area contributed by atoms with Gasteiger partial charge in [-0.15, -0.1) is 4.72 Å². The van der Waals surface area contributed by atoms with Crippen molar-refractivity contribution in [2.75, 3.05) is 0 Å². The summed E-state index contributed by atoms with van der Waals surface area (Å²) < 4.78 is 85.3. The van der Waals surface area contributed by atoms with Gasteiger partial charge in [0.15, 0.2) is 0 Å². The zero-order chi connectivity index (χ0) is 26.3. The minimum atomic E-state index is -4.58. The van der Waals surface area contributed by atoms with E-state index < -0.39 is 40.3 Å². The molecule has 0 spiro atoms. The van der Waals surface area contributed by atoms with Gasteiger partial charge in [0.2, 0.25) is 0 Å². The molecule has 10 heteroatoms. The van der Waals surface area contributed by atoms with E-state index in [1.807, 2.05) is 20.8 Å². The lowest BCUT2D eigenvalue weighted by atomic mass is 9.97. The SMILES string of the molecule is CC(C)(C)Cn1cc([C@H](N[S@@+]([O-])C(C)(C)C)C(F)F)c2ccc(-c3ccccc3C(F)(F)F)nc21. The van der Waals surface area contributed by atoms with Gasteiger partial charge in [0.25, 0.3) is 6.43 Å². The van der Waals surface area contributed by atoms with E-state index in [9.17, 15) is 26.5 Å². The highest BCUT2D eigenvalue weighted by Gasteiger charge is 2.37. The quantitative estimate of drug-likeness (QED) is 0.281. The van der Waals surface area contributed by atoms with Crippen LogP contribution in [0.2, 0.25) is 0 Å². The summed E-state index contributed by atoms with van der Waals surface area (Å²) in [5.41, 5.74) is -0.617. The Hall–Kier alpha value is -2.17. The lowest BCUT2D eigenvalue weighted by molar-refractivity contribution is -0.137. The second-order valence-electron chi connectivity index (χ2n) is 10.7. The van der Waals surface area contributed by atoms with Gasteiger partial charge in [-0.2, -0.15) is 13.2 Å². The van der Waals surface area contributed by atoms with Crippen molar-refractivity contribution >= 4 is 22.4 Å². The van der Waals surface area contributed by atoms with Gasteiger partial charge in [-0.05, 0) is 44.4 Å². The Bertz CT molecular complexity index is 1180. The molecule has 0 aliphatic carbocycles. The normalized spacial score (nSPS) is 15.1. The molecule has 35 heavy (non-hydrogen) atoms. The summed E-state index contributed by atoms with van der Waals surface area (Å²) in [4.78, 5) is 4.51. The van der Waals surface area contributed by atoms with Gasteiger partial charge in [0.1, 0.15) is 16.4 Å². The van der Waals surface area contributed by atoms with E-state index >= 15 is 0 Å². The maximum absolute atomic E-state index is 14.2. The third-order valence-corrected chi connectivity index (χ3v) is 6.86. The first-order valence-electron chi connectivity index (χ1n) is 11.1. The van der Waals surface area contributed by atoms with Crippen molar-refractivity contribution in [3.63, 3.8) is 0 Å². The molecule has 0 aliphatic heterocycles. The maximum Gasteiger partial charge on any atom is 0.417 e. The average Bonchev–Trinajstić information content (AvgIpc) is 3.06. The zero-order valence-electron chi connectivity index (χ0n) is 20.5. The topological polar surface area (TPSA) is 52.9 Å². The standard InChI is InChI=1S/C25H30F5N3OS/c1-23(2,3)14-33-13-17(20(21(26)27)32-35(34)24(4,5)6)15-11-12-19(31-22(15)33)16-9-7-8-10-18(16)25(28,29)30/h7-13,20-21,32H,14H2,1-6H3/t20-,35-/m0/s1. The summed E-state index contributed by atoms with van der Waals surface area (Å²) in [6.07, 6.45) is -5.92. The van der Waals surface area contributed by atoms with Crippen LogP contribution >= 0.6 is 0 Å². The molecule has 0 radical (unpaired) electrons. The highest BCUT2D eigenvalue weighted by molar-refractivity contribution is 7.90. The van der Waals surface area contributed by atoms with Crippen LogP contribution in [0.3, 0.4) is 0 Å². The van der Waals surface area contributed by atoms with Gasteiger partial charge in [0, 0.05) is 40.6 Å². The number of hydrogen-bond acceptors (Lipinski definition) is 3. The second-order valence-corrected chi connectivity index (χ2v) is 12.7. The molecule has 0 aliphatic rings. The maximum atomic E-state index is 14.2. The van der Waals surface area contributed by atoms with Crippen LogP contribution in [-0.2, 0) is 24.1 Å². The predicted octanol–water partition coefficient (Wildman–Crippen LogP) is 7.13. The first kappa shape index (κ1) is 27.4. The third-order valence-electron chi connectivity index (χ3n) is 5.28. The van der Waals surface area contributed by atoms with Crippen molar-refractivity contribution in [2.45, 2.75) is 71.5 Å². The highest BCUT2D eigenvalue weighted by Crippen LogP contribution is 2.38. The molecule has 4 nitrogen and oxygen atoms in total. The number of hydrogen-bond donors (Lipinski definition) is 1. The number of halogens is 5. The van der Waals surface area contributed by atoms with E-state index in [0.717, 1.165) is 6.07 Å². The van der Waals surface area contributed by atoms with E-state index in [1.165, 1.54) is 36.5 Å². The van der Waals surface area contributed by atoms with E-state index in [0.29, 0.717) is 17.6 Å². The number of fused-ring (bicyclic) bond motifs is 1. The fraction of sp³-hybridized carbons (Fsp3) is 0.480. The van der Waals surface area contributed by atoms with Crippen molar-refractivity contribution in [1.82, 2.24) is 14.3 Å². The van der Waals surface area contributed by atoms with Gasteiger partial charge < -0.3 is 9.12 Å². The number of alkyl halides is 5. The summed E-state index contributed by atoms with van der Waals surface area (Å²) in [5, 5.41) is 0.367.